The lowest BCUT2D eigenvalue weighted by Crippen LogP contribution is -2.71. The van der Waals surface area contributed by atoms with Gasteiger partial charge >= 0.3 is 23.9 Å². The summed E-state index contributed by atoms with van der Waals surface area (Å²) in [5.74, 6) is -7.78. The van der Waals surface area contributed by atoms with E-state index in [4.69, 9.17) is 37.9 Å². The molecule has 31 heteroatoms. The predicted octanol–water partition coefficient (Wildman–Crippen LogP) is -4.22. The number of amides is 6. The van der Waals surface area contributed by atoms with E-state index in [0.29, 0.717) is 56.9 Å². The molecule has 5 saturated heterocycles. The number of ether oxygens (including phenoxy) is 8. The summed E-state index contributed by atoms with van der Waals surface area (Å²) in [7, 11) is 0. The van der Waals surface area contributed by atoms with E-state index < -0.39 is 154 Å². The van der Waals surface area contributed by atoms with E-state index in [1.807, 2.05) is 11.8 Å². The van der Waals surface area contributed by atoms with Crippen molar-refractivity contribution in [1.82, 2.24) is 31.9 Å². The molecule has 81 heavy (non-hydrogen) atoms. The number of aliphatic carboxylic acids is 1. The van der Waals surface area contributed by atoms with Gasteiger partial charge in [-0.1, -0.05) is 12.8 Å². The molecule has 5 rings (SSSR count). The van der Waals surface area contributed by atoms with Crippen LogP contribution < -0.4 is 31.9 Å². The van der Waals surface area contributed by atoms with Gasteiger partial charge in [-0.05, 0) is 44.9 Å². The quantitative estimate of drug-likeness (QED) is 0.0172. The van der Waals surface area contributed by atoms with Gasteiger partial charge in [-0.3, -0.25) is 28.8 Å². The molecule has 5 fully saturated rings. The van der Waals surface area contributed by atoms with Crippen LogP contribution in [0.2, 0.25) is 0 Å². The normalized spacial score (nSPS) is 33.4. The number of nitrogens with one attached hydrogen (secondary N) is 6. The SMILES string of the molecule is CC(=O)N[C@H]1[C@H](OCCCCCNC(=O)CCCCCNC(=O)CCCC[C@@H]2SC[C@@H]3NC(=O)N[C@@H]32)O[C@H](CO)[C@@H](O[C@@H]2O[C@H](CO)[C@H](O)[C@H](O[C@]3(C(=O)O)C[C@H](O)[C@@H](NC(C)=O)[C@H]([C@H](OC(C)=O)[C@H](O)COC(C)=O)O3)[C@H]2O)[C@@H]1O. The second-order valence-electron chi connectivity index (χ2n) is 20.7. The van der Waals surface area contributed by atoms with Crippen LogP contribution in [0.25, 0.3) is 0 Å². The van der Waals surface area contributed by atoms with Crippen molar-refractivity contribution in [3.05, 3.63) is 0 Å². The van der Waals surface area contributed by atoms with Gasteiger partial charge in [0.1, 0.15) is 67.6 Å². The standard InChI is InChI=1S/C50H82N6O24S/c1-24(59)53-37-29(63)19-50(48(70)71,79-44(37)42(75-27(4)62)30(64)22-74-26(3)61)80-45-39(67)31(20-57)76-47(41(45)69)78-43-32(21-58)77-46(38(40(43)68)54-25(2)60)73-18-12-6-11-17-52-34(65)14-7-5-10-16-51-35(66)15-9-8-13-33-36-28(23-81-33)55-49(72)56-36/h28-33,36-47,57-58,63-64,67-69H,5-23H2,1-4H3,(H,51,66)(H,52,65)(H,53,59)(H,54,60)(H,70,71)(H2,55,56,72)/t28-,29-,30+,31+,32+,33-,36-,37+,38+,39-,40+,41+,42+,43+,44+,45-,46+,47-,50-/m0/s1. The smallest absolute Gasteiger partial charge is 0.364 e. The van der Waals surface area contributed by atoms with Gasteiger partial charge in [0, 0.05) is 77.7 Å². The van der Waals surface area contributed by atoms with Crippen LogP contribution in [0.4, 0.5) is 4.79 Å². The number of rotatable bonds is 32. The highest BCUT2D eigenvalue weighted by molar-refractivity contribution is 8.00. The van der Waals surface area contributed by atoms with Crippen LogP contribution in [0.3, 0.4) is 0 Å². The van der Waals surface area contributed by atoms with Crippen LogP contribution in [0, 0.1) is 0 Å². The first-order valence-electron chi connectivity index (χ1n) is 27.3. The number of carboxylic acid groups (broad SMARTS) is 1. The number of aliphatic hydroxyl groups excluding tert-OH is 7. The molecule has 19 atom stereocenters. The van der Waals surface area contributed by atoms with E-state index >= 15 is 0 Å². The molecule has 6 amide bonds. The minimum Gasteiger partial charge on any atom is -0.477 e. The Morgan fingerprint density at radius 1 is 0.741 bits per heavy atom. The number of carboxylic acids is 1. The van der Waals surface area contributed by atoms with Crippen LogP contribution in [-0.2, 0) is 71.5 Å². The highest BCUT2D eigenvalue weighted by atomic mass is 32.2. The summed E-state index contributed by atoms with van der Waals surface area (Å²) in [5.41, 5.74) is 0. The number of aliphatic hydroxyl groups is 7. The topological polar surface area (TPSA) is 444 Å². The summed E-state index contributed by atoms with van der Waals surface area (Å²) < 4.78 is 45.3. The number of hydrogen-bond donors (Lipinski definition) is 14. The number of unbranched alkanes of at least 4 members (excludes halogenated alkanes) is 5. The number of fused-ring (bicyclic) bond motifs is 1. The van der Waals surface area contributed by atoms with Gasteiger partial charge in [0.2, 0.25) is 23.6 Å². The summed E-state index contributed by atoms with van der Waals surface area (Å²) in [6, 6.07) is -2.81. The first-order chi connectivity index (χ1) is 38.5. The number of urea groups is 1. The van der Waals surface area contributed by atoms with Crippen LogP contribution in [0.1, 0.15) is 105 Å². The lowest BCUT2D eigenvalue weighted by molar-refractivity contribution is -0.382. The second-order valence-corrected chi connectivity index (χ2v) is 22.0. The summed E-state index contributed by atoms with van der Waals surface area (Å²) >= 11 is 1.85. The number of hydrogen-bond acceptors (Lipinski definition) is 24. The van der Waals surface area contributed by atoms with Gasteiger partial charge in [0.25, 0.3) is 5.79 Å². The molecule has 0 aliphatic carbocycles. The van der Waals surface area contributed by atoms with Gasteiger partial charge in [0.05, 0.1) is 37.4 Å². The number of esters is 2. The Hall–Kier alpha value is -4.61. The zero-order valence-electron chi connectivity index (χ0n) is 45.8. The van der Waals surface area contributed by atoms with Crippen molar-refractivity contribution in [2.24, 2.45) is 0 Å². The molecule has 5 aliphatic heterocycles. The monoisotopic (exact) mass is 1180 g/mol. The fraction of sp³-hybridized carbons (Fsp3) is 0.840. The maximum absolute atomic E-state index is 13.2. The largest absolute Gasteiger partial charge is 0.477 e. The third kappa shape index (κ3) is 19.5. The molecule has 0 spiro atoms. The number of carbonyl (C=O) groups excluding carboxylic acids is 7. The van der Waals surface area contributed by atoms with E-state index in [1.54, 1.807) is 0 Å². The molecule has 0 radical (unpaired) electrons. The lowest BCUT2D eigenvalue weighted by atomic mass is 9.87. The van der Waals surface area contributed by atoms with Crippen LogP contribution in [-0.4, -0.2) is 249 Å². The zero-order chi connectivity index (χ0) is 59.6. The summed E-state index contributed by atoms with van der Waals surface area (Å²) in [6.07, 6.45) is -18.6. The molecule has 0 aromatic rings. The van der Waals surface area contributed by atoms with Crippen molar-refractivity contribution in [2.45, 2.75) is 220 Å². The van der Waals surface area contributed by atoms with Crippen LogP contribution in [0.15, 0.2) is 0 Å². The van der Waals surface area contributed by atoms with Crippen molar-refractivity contribution >= 4 is 59.3 Å². The van der Waals surface area contributed by atoms with Crippen molar-refractivity contribution in [3.8, 4) is 0 Å². The lowest BCUT2D eigenvalue weighted by Gasteiger charge is -2.51. The van der Waals surface area contributed by atoms with Crippen molar-refractivity contribution < 1.29 is 117 Å². The molecule has 0 aromatic heterocycles. The van der Waals surface area contributed by atoms with Crippen LogP contribution in [0.5, 0.6) is 0 Å². The predicted molar refractivity (Wildman–Crippen MR) is 277 cm³/mol. The Balaban J connectivity index is 1.09. The Bertz CT molecular complexity index is 2100. The molecular formula is C50H82N6O24S. The Kier molecular flexibility index (Phi) is 26.9. The molecule has 0 unspecified atom stereocenters. The van der Waals surface area contributed by atoms with E-state index in [-0.39, 0.29) is 36.5 Å². The van der Waals surface area contributed by atoms with Crippen molar-refractivity contribution in [3.63, 3.8) is 0 Å². The van der Waals surface area contributed by atoms with Gasteiger partial charge in [0.15, 0.2) is 18.7 Å². The third-order valence-electron chi connectivity index (χ3n) is 14.3. The number of carbonyl (C=O) groups is 8. The van der Waals surface area contributed by atoms with E-state index in [9.17, 15) is 79.2 Å². The Morgan fingerprint density at radius 2 is 1.36 bits per heavy atom. The van der Waals surface area contributed by atoms with Crippen LogP contribution >= 0.6 is 11.8 Å². The van der Waals surface area contributed by atoms with E-state index in [1.165, 1.54) is 0 Å². The summed E-state index contributed by atoms with van der Waals surface area (Å²) in [5, 5.41) is 106. The van der Waals surface area contributed by atoms with Gasteiger partial charge in [-0.15, -0.1) is 0 Å². The second kappa shape index (κ2) is 32.4. The molecule has 30 nitrogen and oxygen atoms in total. The fourth-order valence-corrected chi connectivity index (χ4v) is 11.9. The maximum Gasteiger partial charge on any atom is 0.364 e. The third-order valence-corrected chi connectivity index (χ3v) is 15.8. The molecule has 0 aromatic carbocycles. The van der Waals surface area contributed by atoms with Gasteiger partial charge < -0.3 is 111 Å². The molecular weight excluding hydrogens is 1100 g/mol. The highest BCUT2D eigenvalue weighted by Crippen LogP contribution is 2.39. The molecule has 14 N–H and O–H groups in total. The molecule has 0 bridgehead atoms. The van der Waals surface area contributed by atoms with Gasteiger partial charge in [-0.2, -0.15) is 11.8 Å². The maximum atomic E-state index is 13.2. The Morgan fingerprint density at radius 3 is 1.96 bits per heavy atom. The highest BCUT2D eigenvalue weighted by Gasteiger charge is 2.61. The first-order valence-corrected chi connectivity index (χ1v) is 28.4. The Labute approximate surface area is 472 Å². The molecule has 0 saturated carbocycles. The van der Waals surface area contributed by atoms with Crippen molar-refractivity contribution in [2.75, 3.05) is 45.3 Å². The van der Waals surface area contributed by atoms with E-state index in [0.717, 1.165) is 65.6 Å². The van der Waals surface area contributed by atoms with E-state index in [2.05, 4.69) is 31.9 Å². The average molecular weight is 1180 g/mol. The number of thioether (sulfide) groups is 1. The minimum atomic E-state index is -3.15. The fourth-order valence-electron chi connectivity index (χ4n) is 10.3. The molecule has 462 valence electrons. The minimum absolute atomic E-state index is 0.00370. The zero-order valence-corrected chi connectivity index (χ0v) is 46.7. The average Bonchev–Trinajstić information content (AvgIpc) is 3.97. The summed E-state index contributed by atoms with van der Waals surface area (Å²) in [4.78, 5) is 98.1. The molecule has 5 aliphatic rings. The summed E-state index contributed by atoms with van der Waals surface area (Å²) in [6.45, 7) is 2.28. The van der Waals surface area contributed by atoms with Gasteiger partial charge in [-0.25, -0.2) is 9.59 Å². The first kappa shape index (κ1) is 67.2. The molecule has 5 heterocycles. The van der Waals surface area contributed by atoms with Crippen molar-refractivity contribution in [1.29, 1.82) is 0 Å².